The van der Waals surface area contributed by atoms with Crippen LogP contribution in [0, 0.1) is 12.7 Å². The van der Waals surface area contributed by atoms with Gasteiger partial charge < -0.3 is 10.1 Å². The highest BCUT2D eigenvalue weighted by molar-refractivity contribution is 6.07. The standard InChI is InChI=1S/C17H14FN5O3/c1-10-7-11(18)8-12(17(25)26-2)15(10)20-16(24)13-3-4-14(22-21-13)23-6-5-19-9-23/h3-9H,1-2H3,(H,20,24). The van der Waals surface area contributed by atoms with Crippen molar-refractivity contribution < 1.29 is 18.7 Å². The molecule has 8 nitrogen and oxygen atoms in total. The summed E-state index contributed by atoms with van der Waals surface area (Å²) < 4.78 is 19.9. The second-order valence-electron chi connectivity index (χ2n) is 5.34. The number of benzene rings is 1. The van der Waals surface area contributed by atoms with Crippen molar-refractivity contribution in [2.24, 2.45) is 0 Å². The lowest BCUT2D eigenvalue weighted by Crippen LogP contribution is -2.18. The fourth-order valence-electron chi connectivity index (χ4n) is 2.34. The van der Waals surface area contributed by atoms with E-state index in [2.05, 4.69) is 25.2 Å². The van der Waals surface area contributed by atoms with Crippen LogP contribution in [0.15, 0.2) is 43.0 Å². The Balaban J connectivity index is 1.87. The molecule has 9 heteroatoms. The average molecular weight is 355 g/mol. The summed E-state index contributed by atoms with van der Waals surface area (Å²) in [5.41, 5.74) is 0.486. The van der Waals surface area contributed by atoms with Crippen LogP contribution >= 0.6 is 0 Å². The van der Waals surface area contributed by atoms with Gasteiger partial charge >= 0.3 is 5.97 Å². The van der Waals surface area contributed by atoms with Crippen molar-refractivity contribution in [3.8, 4) is 5.82 Å². The Morgan fingerprint density at radius 1 is 1.23 bits per heavy atom. The molecule has 0 fully saturated rings. The molecule has 0 aliphatic carbocycles. The number of methoxy groups -OCH3 is 1. The number of aryl methyl sites for hydroxylation is 1. The molecule has 3 rings (SSSR count). The Bertz CT molecular complexity index is 955. The van der Waals surface area contributed by atoms with Gasteiger partial charge in [0.15, 0.2) is 11.5 Å². The number of nitrogens with one attached hydrogen (secondary N) is 1. The number of esters is 1. The molecular formula is C17H14FN5O3. The topological polar surface area (TPSA) is 99.0 Å². The number of aromatic nitrogens is 4. The Kier molecular flexibility index (Phi) is 4.70. The molecule has 0 aliphatic heterocycles. The number of imidazole rings is 1. The number of carbonyl (C=O) groups excluding carboxylic acids is 2. The lowest BCUT2D eigenvalue weighted by molar-refractivity contribution is 0.0601. The van der Waals surface area contributed by atoms with Crippen LogP contribution in [0.25, 0.3) is 5.82 Å². The fraction of sp³-hybridized carbons (Fsp3) is 0.118. The van der Waals surface area contributed by atoms with Crippen molar-refractivity contribution in [2.45, 2.75) is 6.92 Å². The molecule has 0 atom stereocenters. The van der Waals surface area contributed by atoms with Crippen molar-refractivity contribution in [2.75, 3.05) is 12.4 Å². The van der Waals surface area contributed by atoms with Crippen LogP contribution < -0.4 is 5.32 Å². The summed E-state index contributed by atoms with van der Waals surface area (Å²) in [6.07, 6.45) is 4.83. The summed E-state index contributed by atoms with van der Waals surface area (Å²) in [6.45, 7) is 1.57. The Labute approximate surface area is 147 Å². The van der Waals surface area contributed by atoms with Gasteiger partial charge in [0.1, 0.15) is 12.1 Å². The molecule has 0 saturated carbocycles. The molecule has 0 saturated heterocycles. The average Bonchev–Trinajstić information content (AvgIpc) is 3.17. The lowest BCUT2D eigenvalue weighted by Gasteiger charge is -2.12. The van der Waals surface area contributed by atoms with Gasteiger partial charge in [-0.3, -0.25) is 9.36 Å². The van der Waals surface area contributed by atoms with E-state index in [4.69, 9.17) is 0 Å². The minimum atomic E-state index is -0.760. The number of ether oxygens (including phenoxy) is 1. The molecule has 0 radical (unpaired) electrons. The summed E-state index contributed by atoms with van der Waals surface area (Å²) in [4.78, 5) is 28.2. The molecule has 2 aromatic heterocycles. The number of amides is 1. The third kappa shape index (κ3) is 3.41. The number of hydrogen-bond acceptors (Lipinski definition) is 6. The number of rotatable bonds is 4. The molecule has 2 heterocycles. The largest absolute Gasteiger partial charge is 0.465 e. The van der Waals surface area contributed by atoms with Crippen molar-refractivity contribution in [1.82, 2.24) is 19.7 Å². The number of hydrogen-bond donors (Lipinski definition) is 1. The number of halogens is 1. The summed E-state index contributed by atoms with van der Waals surface area (Å²) in [5, 5.41) is 10.4. The molecule has 3 aromatic rings. The zero-order valence-corrected chi connectivity index (χ0v) is 13.9. The van der Waals surface area contributed by atoms with Crippen LogP contribution in [0.4, 0.5) is 10.1 Å². The molecular weight excluding hydrogens is 341 g/mol. The van der Waals surface area contributed by atoms with Gasteiger partial charge in [0.05, 0.1) is 18.4 Å². The minimum absolute atomic E-state index is 0.0356. The SMILES string of the molecule is COC(=O)c1cc(F)cc(C)c1NC(=O)c1ccc(-n2ccnc2)nn1. The molecule has 26 heavy (non-hydrogen) atoms. The highest BCUT2D eigenvalue weighted by atomic mass is 19.1. The van der Waals surface area contributed by atoms with Crippen LogP contribution in [0.1, 0.15) is 26.4 Å². The van der Waals surface area contributed by atoms with E-state index >= 15 is 0 Å². The minimum Gasteiger partial charge on any atom is -0.465 e. The summed E-state index contributed by atoms with van der Waals surface area (Å²) >= 11 is 0. The summed E-state index contributed by atoms with van der Waals surface area (Å²) in [5.74, 6) is -1.46. The molecule has 0 spiro atoms. The number of anilines is 1. The normalized spacial score (nSPS) is 10.4. The van der Waals surface area contributed by atoms with Crippen LogP contribution in [0.2, 0.25) is 0 Å². The molecule has 0 bridgehead atoms. The third-order valence-electron chi connectivity index (χ3n) is 3.60. The Morgan fingerprint density at radius 2 is 2.04 bits per heavy atom. The van der Waals surface area contributed by atoms with E-state index in [1.54, 1.807) is 36.3 Å². The maximum atomic E-state index is 13.6. The first-order valence-corrected chi connectivity index (χ1v) is 7.51. The van der Waals surface area contributed by atoms with Crippen LogP contribution in [-0.4, -0.2) is 38.7 Å². The second-order valence-corrected chi connectivity index (χ2v) is 5.34. The molecule has 1 N–H and O–H groups in total. The molecule has 132 valence electrons. The number of carbonyl (C=O) groups is 2. The first kappa shape index (κ1) is 17.2. The number of nitrogens with zero attached hydrogens (tertiary/aromatic N) is 4. The predicted octanol–water partition coefficient (Wildman–Crippen LogP) is 2.15. The van der Waals surface area contributed by atoms with Gasteiger partial charge in [-0.1, -0.05) is 0 Å². The molecule has 0 aliphatic rings. The van der Waals surface area contributed by atoms with E-state index in [0.717, 1.165) is 6.07 Å². The van der Waals surface area contributed by atoms with Gasteiger partial charge in [0.2, 0.25) is 0 Å². The van der Waals surface area contributed by atoms with Crippen molar-refractivity contribution >= 4 is 17.6 Å². The van der Waals surface area contributed by atoms with Gasteiger partial charge in [-0.2, -0.15) is 0 Å². The lowest BCUT2D eigenvalue weighted by atomic mass is 10.1. The van der Waals surface area contributed by atoms with Gasteiger partial charge in [0.25, 0.3) is 5.91 Å². The summed E-state index contributed by atoms with van der Waals surface area (Å²) in [6, 6.07) is 5.29. The Hall–Kier alpha value is -3.62. The van der Waals surface area contributed by atoms with Crippen molar-refractivity contribution in [3.05, 3.63) is 65.6 Å². The van der Waals surface area contributed by atoms with Gasteiger partial charge in [-0.05, 0) is 36.8 Å². The highest BCUT2D eigenvalue weighted by Gasteiger charge is 2.19. The maximum Gasteiger partial charge on any atom is 0.340 e. The predicted molar refractivity (Wildman–Crippen MR) is 89.6 cm³/mol. The highest BCUT2D eigenvalue weighted by Crippen LogP contribution is 2.24. The summed E-state index contributed by atoms with van der Waals surface area (Å²) in [7, 11) is 1.18. The van der Waals surface area contributed by atoms with E-state index in [1.165, 1.54) is 19.2 Å². The zero-order chi connectivity index (χ0) is 18.7. The van der Waals surface area contributed by atoms with Crippen LogP contribution in [-0.2, 0) is 4.74 Å². The second kappa shape index (κ2) is 7.09. The molecule has 0 unspecified atom stereocenters. The maximum absolute atomic E-state index is 13.6. The van der Waals surface area contributed by atoms with Crippen LogP contribution in [0.5, 0.6) is 0 Å². The van der Waals surface area contributed by atoms with E-state index in [9.17, 15) is 14.0 Å². The zero-order valence-electron chi connectivity index (χ0n) is 13.9. The van der Waals surface area contributed by atoms with Crippen LogP contribution in [0.3, 0.4) is 0 Å². The Morgan fingerprint density at radius 3 is 2.65 bits per heavy atom. The smallest absolute Gasteiger partial charge is 0.340 e. The van der Waals surface area contributed by atoms with E-state index in [-0.39, 0.29) is 16.9 Å². The monoisotopic (exact) mass is 355 g/mol. The van der Waals surface area contributed by atoms with Gasteiger partial charge in [-0.15, -0.1) is 10.2 Å². The van der Waals surface area contributed by atoms with Gasteiger partial charge in [0, 0.05) is 12.4 Å². The van der Waals surface area contributed by atoms with E-state index in [0.29, 0.717) is 11.4 Å². The fourth-order valence-corrected chi connectivity index (χ4v) is 2.34. The van der Waals surface area contributed by atoms with E-state index < -0.39 is 17.7 Å². The van der Waals surface area contributed by atoms with Crippen molar-refractivity contribution in [1.29, 1.82) is 0 Å². The first-order chi connectivity index (χ1) is 12.5. The molecule has 1 aromatic carbocycles. The third-order valence-corrected chi connectivity index (χ3v) is 3.60. The molecule has 1 amide bonds. The first-order valence-electron chi connectivity index (χ1n) is 7.51. The van der Waals surface area contributed by atoms with E-state index in [1.807, 2.05) is 0 Å². The van der Waals surface area contributed by atoms with Crippen molar-refractivity contribution in [3.63, 3.8) is 0 Å². The quantitative estimate of drug-likeness (QED) is 0.720. The van der Waals surface area contributed by atoms with Gasteiger partial charge in [-0.25, -0.2) is 14.2 Å².